The van der Waals surface area contributed by atoms with Crippen LogP contribution in [-0.4, -0.2) is 16.1 Å². The van der Waals surface area contributed by atoms with Gasteiger partial charge >= 0.3 is 0 Å². The van der Waals surface area contributed by atoms with Crippen LogP contribution in [0.2, 0.25) is 0 Å². The molecule has 3 heteroatoms. The highest BCUT2D eigenvalue weighted by Crippen LogP contribution is 2.36. The summed E-state index contributed by atoms with van der Waals surface area (Å²) in [7, 11) is 0. The molecule has 1 aromatic rings. The Bertz CT molecular complexity index is 388. The maximum Gasteiger partial charge on any atom is 0.109 e. The molecule has 1 aromatic heterocycles. The monoisotopic (exact) mass is 233 g/mol. The van der Waals surface area contributed by atoms with E-state index in [2.05, 4.69) is 4.57 Å². The average Bonchev–Trinajstić information content (AvgIpc) is 2.97. The number of hydrogen-bond acceptors (Lipinski definition) is 2. The third-order valence-corrected chi connectivity index (χ3v) is 4.34. The molecule has 3 rings (SSSR count). The lowest BCUT2D eigenvalue weighted by atomic mass is 10.0. The summed E-state index contributed by atoms with van der Waals surface area (Å²) >= 11 is 0. The summed E-state index contributed by atoms with van der Waals surface area (Å²) in [5, 5.41) is 0. The van der Waals surface area contributed by atoms with E-state index < -0.39 is 0 Å². The molecule has 0 spiro atoms. The molecular formula is C14H23N3. The molecule has 2 heterocycles. The standard InChI is InChI=1S/C14H23N3/c15-9-8-12-14(11-5-1-2-6-11)16-13-7-3-4-10-17(12)13/h11H,1-10,15H2. The summed E-state index contributed by atoms with van der Waals surface area (Å²) in [6, 6.07) is 0. The van der Waals surface area contributed by atoms with E-state index in [1.807, 2.05) is 0 Å². The van der Waals surface area contributed by atoms with E-state index in [9.17, 15) is 0 Å². The van der Waals surface area contributed by atoms with E-state index in [1.165, 1.54) is 68.7 Å². The minimum atomic E-state index is 0.731. The maximum atomic E-state index is 5.78. The van der Waals surface area contributed by atoms with Crippen LogP contribution in [0.5, 0.6) is 0 Å². The second-order valence-corrected chi connectivity index (χ2v) is 5.49. The van der Waals surface area contributed by atoms with E-state index in [4.69, 9.17) is 10.7 Å². The highest BCUT2D eigenvalue weighted by molar-refractivity contribution is 5.24. The zero-order valence-electron chi connectivity index (χ0n) is 10.6. The molecule has 3 nitrogen and oxygen atoms in total. The second kappa shape index (κ2) is 4.81. The van der Waals surface area contributed by atoms with Gasteiger partial charge in [-0.2, -0.15) is 0 Å². The number of aryl methyl sites for hydroxylation is 1. The van der Waals surface area contributed by atoms with E-state index in [1.54, 1.807) is 0 Å². The summed E-state index contributed by atoms with van der Waals surface area (Å²) in [5.74, 6) is 2.07. The van der Waals surface area contributed by atoms with Crippen LogP contribution in [0, 0.1) is 0 Å². The molecule has 0 unspecified atom stereocenters. The predicted molar refractivity (Wildman–Crippen MR) is 69.1 cm³/mol. The number of fused-ring (bicyclic) bond motifs is 1. The summed E-state index contributed by atoms with van der Waals surface area (Å²) in [6.45, 7) is 1.93. The maximum absolute atomic E-state index is 5.78. The summed E-state index contributed by atoms with van der Waals surface area (Å²) in [5.41, 5.74) is 8.65. The molecule has 0 aromatic carbocycles. The van der Waals surface area contributed by atoms with Crippen molar-refractivity contribution in [2.45, 2.75) is 63.8 Å². The van der Waals surface area contributed by atoms with Gasteiger partial charge in [-0.25, -0.2) is 4.98 Å². The molecule has 1 aliphatic carbocycles. The Labute approximate surface area is 103 Å². The second-order valence-electron chi connectivity index (χ2n) is 5.49. The van der Waals surface area contributed by atoms with Crippen molar-refractivity contribution < 1.29 is 0 Å². The molecule has 1 saturated carbocycles. The molecule has 2 N–H and O–H groups in total. The van der Waals surface area contributed by atoms with Gasteiger partial charge in [0, 0.05) is 31.0 Å². The molecule has 17 heavy (non-hydrogen) atoms. The van der Waals surface area contributed by atoms with Crippen LogP contribution < -0.4 is 5.73 Å². The van der Waals surface area contributed by atoms with Gasteiger partial charge in [-0.3, -0.25) is 0 Å². The van der Waals surface area contributed by atoms with E-state index in [0.29, 0.717) is 0 Å². The normalized spacial score (nSPS) is 20.8. The van der Waals surface area contributed by atoms with Crippen molar-refractivity contribution in [1.82, 2.24) is 9.55 Å². The van der Waals surface area contributed by atoms with Gasteiger partial charge in [0.2, 0.25) is 0 Å². The van der Waals surface area contributed by atoms with Gasteiger partial charge in [-0.1, -0.05) is 12.8 Å². The van der Waals surface area contributed by atoms with Crippen LogP contribution in [0.15, 0.2) is 0 Å². The Morgan fingerprint density at radius 2 is 2.00 bits per heavy atom. The minimum Gasteiger partial charge on any atom is -0.332 e. The number of aromatic nitrogens is 2. The van der Waals surface area contributed by atoms with Crippen LogP contribution in [0.1, 0.15) is 61.7 Å². The van der Waals surface area contributed by atoms with Crippen LogP contribution in [0.4, 0.5) is 0 Å². The van der Waals surface area contributed by atoms with Gasteiger partial charge in [0.05, 0.1) is 5.69 Å². The van der Waals surface area contributed by atoms with Gasteiger partial charge in [0.15, 0.2) is 0 Å². The van der Waals surface area contributed by atoms with Crippen LogP contribution in [-0.2, 0) is 19.4 Å². The molecular weight excluding hydrogens is 210 g/mol. The Morgan fingerprint density at radius 1 is 1.18 bits per heavy atom. The van der Waals surface area contributed by atoms with Crippen molar-refractivity contribution in [1.29, 1.82) is 0 Å². The third-order valence-electron chi connectivity index (χ3n) is 4.34. The fraction of sp³-hybridized carbons (Fsp3) is 0.786. The van der Waals surface area contributed by atoms with Crippen molar-refractivity contribution in [3.63, 3.8) is 0 Å². The fourth-order valence-electron chi connectivity index (χ4n) is 3.49. The van der Waals surface area contributed by atoms with Crippen LogP contribution in [0.3, 0.4) is 0 Å². The topological polar surface area (TPSA) is 43.8 Å². The summed E-state index contributed by atoms with van der Waals surface area (Å²) in [4.78, 5) is 4.96. The number of hydrogen-bond donors (Lipinski definition) is 1. The fourth-order valence-corrected chi connectivity index (χ4v) is 3.49. The minimum absolute atomic E-state index is 0.731. The smallest absolute Gasteiger partial charge is 0.109 e. The van der Waals surface area contributed by atoms with Crippen molar-refractivity contribution >= 4 is 0 Å². The molecule has 0 saturated heterocycles. The van der Waals surface area contributed by atoms with Gasteiger partial charge < -0.3 is 10.3 Å². The SMILES string of the molecule is NCCc1c(C2CCCC2)nc2n1CCCC2. The Morgan fingerprint density at radius 3 is 2.76 bits per heavy atom. The summed E-state index contributed by atoms with van der Waals surface area (Å²) < 4.78 is 2.48. The Balaban J connectivity index is 1.97. The molecule has 0 amide bonds. The largest absolute Gasteiger partial charge is 0.332 e. The van der Waals surface area contributed by atoms with Gasteiger partial charge in [-0.15, -0.1) is 0 Å². The Kier molecular flexibility index (Phi) is 3.19. The number of imidazole rings is 1. The highest BCUT2D eigenvalue weighted by Gasteiger charge is 2.26. The van der Waals surface area contributed by atoms with Crippen molar-refractivity contribution in [3.8, 4) is 0 Å². The van der Waals surface area contributed by atoms with Crippen molar-refractivity contribution in [2.24, 2.45) is 5.73 Å². The van der Waals surface area contributed by atoms with Gasteiger partial charge in [0.1, 0.15) is 5.82 Å². The number of nitrogens with two attached hydrogens (primary N) is 1. The zero-order valence-corrected chi connectivity index (χ0v) is 10.6. The lowest BCUT2D eigenvalue weighted by Gasteiger charge is -2.17. The molecule has 1 aliphatic heterocycles. The first-order valence-electron chi connectivity index (χ1n) is 7.18. The molecule has 94 valence electrons. The van der Waals surface area contributed by atoms with Crippen molar-refractivity contribution in [3.05, 3.63) is 17.2 Å². The Hall–Kier alpha value is -0.830. The first kappa shape index (κ1) is 11.3. The molecule has 0 atom stereocenters. The molecule has 1 fully saturated rings. The van der Waals surface area contributed by atoms with Crippen LogP contribution >= 0.6 is 0 Å². The van der Waals surface area contributed by atoms with E-state index in [-0.39, 0.29) is 0 Å². The molecule has 0 radical (unpaired) electrons. The first-order valence-corrected chi connectivity index (χ1v) is 7.18. The lowest BCUT2D eigenvalue weighted by molar-refractivity contribution is 0.508. The quantitative estimate of drug-likeness (QED) is 0.871. The highest BCUT2D eigenvalue weighted by atomic mass is 15.1. The number of nitrogens with zero attached hydrogens (tertiary/aromatic N) is 2. The summed E-state index contributed by atoms with van der Waals surface area (Å²) in [6.07, 6.45) is 10.3. The van der Waals surface area contributed by atoms with Crippen LogP contribution in [0.25, 0.3) is 0 Å². The van der Waals surface area contributed by atoms with E-state index in [0.717, 1.165) is 18.9 Å². The first-order chi connectivity index (χ1) is 8.40. The lowest BCUT2D eigenvalue weighted by Crippen LogP contribution is -2.16. The molecule has 0 bridgehead atoms. The predicted octanol–water partition coefficient (Wildman–Crippen LogP) is 2.38. The zero-order chi connectivity index (χ0) is 11.7. The van der Waals surface area contributed by atoms with E-state index >= 15 is 0 Å². The number of rotatable bonds is 3. The molecule has 2 aliphatic rings. The van der Waals surface area contributed by atoms with Gasteiger partial charge in [0.25, 0.3) is 0 Å². The van der Waals surface area contributed by atoms with Gasteiger partial charge in [-0.05, 0) is 32.2 Å². The third kappa shape index (κ3) is 2.01. The van der Waals surface area contributed by atoms with Crippen molar-refractivity contribution in [2.75, 3.05) is 6.54 Å². The average molecular weight is 233 g/mol.